The molecule has 0 radical (unpaired) electrons. The van der Waals surface area contributed by atoms with Crippen LogP contribution >= 0.6 is 24.0 Å². The van der Waals surface area contributed by atoms with Gasteiger partial charge in [-0.1, -0.05) is 31.2 Å². The van der Waals surface area contributed by atoms with Crippen molar-refractivity contribution in [2.24, 2.45) is 4.99 Å². The highest BCUT2D eigenvalue weighted by Crippen LogP contribution is 2.07. The summed E-state index contributed by atoms with van der Waals surface area (Å²) in [6.07, 6.45) is 1.39. The lowest BCUT2D eigenvalue weighted by molar-refractivity contribution is -0.121. The number of hydrogen-bond donors (Lipinski definition) is 3. The van der Waals surface area contributed by atoms with Crippen LogP contribution in [0.4, 0.5) is 0 Å². The second kappa shape index (κ2) is 13.0. The molecule has 1 unspecified atom stereocenters. The van der Waals surface area contributed by atoms with Crippen molar-refractivity contribution < 1.29 is 4.79 Å². The van der Waals surface area contributed by atoms with E-state index in [4.69, 9.17) is 0 Å². The third-order valence-corrected chi connectivity index (χ3v) is 3.68. The summed E-state index contributed by atoms with van der Waals surface area (Å²) in [5, 5.41) is 9.38. The van der Waals surface area contributed by atoms with Crippen molar-refractivity contribution in [3.05, 3.63) is 35.4 Å². The van der Waals surface area contributed by atoms with E-state index in [2.05, 4.69) is 46.9 Å². The molecule has 6 heteroatoms. The van der Waals surface area contributed by atoms with Crippen molar-refractivity contribution in [2.75, 3.05) is 13.1 Å². The normalized spacial score (nSPS) is 12.1. The van der Waals surface area contributed by atoms with Gasteiger partial charge in [-0.2, -0.15) is 0 Å². The average molecular weight is 446 g/mol. The number of hydrogen-bond acceptors (Lipinski definition) is 2. The topological polar surface area (TPSA) is 65.5 Å². The van der Waals surface area contributed by atoms with Gasteiger partial charge >= 0.3 is 0 Å². The van der Waals surface area contributed by atoms with Gasteiger partial charge in [0.1, 0.15) is 0 Å². The molecule has 0 aliphatic rings. The number of nitrogens with one attached hydrogen (secondary N) is 3. The van der Waals surface area contributed by atoms with E-state index in [0.717, 1.165) is 18.9 Å². The van der Waals surface area contributed by atoms with Gasteiger partial charge in [-0.15, -0.1) is 24.0 Å². The summed E-state index contributed by atoms with van der Waals surface area (Å²) in [5.41, 5.74) is 2.44. The Morgan fingerprint density at radius 2 is 1.92 bits per heavy atom. The van der Waals surface area contributed by atoms with E-state index in [1.165, 1.54) is 11.1 Å². The Kier molecular flexibility index (Phi) is 12.3. The SMILES string of the molecule is CCNC(=NCc1ccccc1C)NCCC(=O)NC(C)CC.I. The van der Waals surface area contributed by atoms with Gasteiger partial charge in [0, 0.05) is 25.6 Å². The monoisotopic (exact) mass is 446 g/mol. The fourth-order valence-corrected chi connectivity index (χ4v) is 2.04. The van der Waals surface area contributed by atoms with Crippen LogP contribution in [0.5, 0.6) is 0 Å². The van der Waals surface area contributed by atoms with Gasteiger partial charge in [-0.25, -0.2) is 4.99 Å². The van der Waals surface area contributed by atoms with Crippen LogP contribution in [0, 0.1) is 6.92 Å². The Bertz CT molecular complexity index is 519. The second-order valence-corrected chi connectivity index (χ2v) is 5.68. The van der Waals surface area contributed by atoms with Gasteiger partial charge in [0.2, 0.25) is 5.91 Å². The molecule has 1 aromatic rings. The van der Waals surface area contributed by atoms with E-state index < -0.39 is 0 Å². The van der Waals surface area contributed by atoms with E-state index >= 15 is 0 Å². The first-order valence-corrected chi connectivity index (χ1v) is 8.42. The van der Waals surface area contributed by atoms with Crippen molar-refractivity contribution in [3.63, 3.8) is 0 Å². The number of guanidine groups is 1. The molecular formula is C18H31IN4O. The number of aliphatic imine (C=N–C) groups is 1. The van der Waals surface area contributed by atoms with E-state index in [-0.39, 0.29) is 35.9 Å². The summed E-state index contributed by atoms with van der Waals surface area (Å²) in [6, 6.07) is 8.46. The van der Waals surface area contributed by atoms with Gasteiger partial charge in [-0.05, 0) is 38.3 Å². The predicted molar refractivity (Wildman–Crippen MR) is 112 cm³/mol. The minimum Gasteiger partial charge on any atom is -0.357 e. The molecular weight excluding hydrogens is 415 g/mol. The number of halogens is 1. The van der Waals surface area contributed by atoms with Crippen molar-refractivity contribution >= 4 is 35.8 Å². The van der Waals surface area contributed by atoms with Crippen LogP contribution in [0.2, 0.25) is 0 Å². The first-order chi connectivity index (χ1) is 11.1. The van der Waals surface area contributed by atoms with Crippen LogP contribution in [-0.2, 0) is 11.3 Å². The fourth-order valence-electron chi connectivity index (χ4n) is 2.04. The molecule has 0 heterocycles. The summed E-state index contributed by atoms with van der Waals surface area (Å²) < 4.78 is 0. The molecule has 3 N–H and O–H groups in total. The van der Waals surface area contributed by atoms with Gasteiger partial charge in [0.15, 0.2) is 5.96 Å². The minimum atomic E-state index is 0. The summed E-state index contributed by atoms with van der Waals surface area (Å²) in [6.45, 7) is 10.2. The smallest absolute Gasteiger partial charge is 0.221 e. The maximum atomic E-state index is 11.8. The molecule has 0 saturated heterocycles. The Morgan fingerprint density at radius 1 is 1.21 bits per heavy atom. The molecule has 24 heavy (non-hydrogen) atoms. The number of amides is 1. The van der Waals surface area contributed by atoms with Crippen molar-refractivity contribution in [3.8, 4) is 0 Å². The van der Waals surface area contributed by atoms with Crippen molar-refractivity contribution in [1.29, 1.82) is 0 Å². The quantitative estimate of drug-likeness (QED) is 0.327. The molecule has 1 aromatic carbocycles. The third-order valence-electron chi connectivity index (χ3n) is 3.68. The number of carbonyl (C=O) groups excluding carboxylic acids is 1. The lowest BCUT2D eigenvalue weighted by Gasteiger charge is -2.13. The number of benzene rings is 1. The number of aryl methyl sites for hydroxylation is 1. The number of nitrogens with zero attached hydrogens (tertiary/aromatic N) is 1. The molecule has 0 aromatic heterocycles. The lowest BCUT2D eigenvalue weighted by Crippen LogP contribution is -2.40. The predicted octanol–water partition coefficient (Wildman–Crippen LogP) is 2.97. The zero-order valence-electron chi connectivity index (χ0n) is 15.2. The molecule has 1 atom stereocenters. The number of rotatable bonds is 8. The van der Waals surface area contributed by atoms with Gasteiger partial charge < -0.3 is 16.0 Å². The zero-order chi connectivity index (χ0) is 17.1. The molecule has 1 rings (SSSR count). The van der Waals surface area contributed by atoms with Crippen LogP contribution in [0.1, 0.15) is 44.7 Å². The van der Waals surface area contributed by atoms with Gasteiger partial charge in [0.05, 0.1) is 6.54 Å². The molecule has 5 nitrogen and oxygen atoms in total. The molecule has 1 amide bonds. The van der Waals surface area contributed by atoms with E-state index in [1.807, 2.05) is 26.0 Å². The van der Waals surface area contributed by atoms with Crippen LogP contribution in [0.15, 0.2) is 29.3 Å². The molecule has 0 bridgehead atoms. The van der Waals surface area contributed by atoms with Crippen LogP contribution in [0.3, 0.4) is 0 Å². The molecule has 0 saturated carbocycles. The molecule has 0 fully saturated rings. The molecule has 0 aliphatic heterocycles. The largest absolute Gasteiger partial charge is 0.357 e. The Morgan fingerprint density at radius 3 is 2.54 bits per heavy atom. The summed E-state index contributed by atoms with van der Waals surface area (Å²) in [7, 11) is 0. The Balaban J connectivity index is 0.00000529. The first kappa shape index (κ1) is 22.7. The second-order valence-electron chi connectivity index (χ2n) is 5.68. The maximum absolute atomic E-state index is 11.8. The minimum absolute atomic E-state index is 0. The van der Waals surface area contributed by atoms with Crippen molar-refractivity contribution in [2.45, 2.75) is 53.1 Å². The van der Waals surface area contributed by atoms with Crippen LogP contribution in [0.25, 0.3) is 0 Å². The van der Waals surface area contributed by atoms with E-state index in [0.29, 0.717) is 19.5 Å². The number of carbonyl (C=O) groups is 1. The van der Waals surface area contributed by atoms with Gasteiger partial charge in [0.25, 0.3) is 0 Å². The van der Waals surface area contributed by atoms with Gasteiger partial charge in [-0.3, -0.25) is 4.79 Å². The third kappa shape index (κ3) is 9.10. The Labute approximate surface area is 163 Å². The Hall–Kier alpha value is -1.31. The molecule has 0 aliphatic carbocycles. The average Bonchev–Trinajstić information content (AvgIpc) is 2.53. The van der Waals surface area contributed by atoms with Crippen LogP contribution in [-0.4, -0.2) is 31.0 Å². The maximum Gasteiger partial charge on any atom is 0.221 e. The highest BCUT2D eigenvalue weighted by molar-refractivity contribution is 14.0. The first-order valence-electron chi connectivity index (χ1n) is 8.42. The molecule has 0 spiro atoms. The van der Waals surface area contributed by atoms with Crippen LogP contribution < -0.4 is 16.0 Å². The highest BCUT2D eigenvalue weighted by atomic mass is 127. The lowest BCUT2D eigenvalue weighted by atomic mass is 10.1. The van der Waals surface area contributed by atoms with Crippen molar-refractivity contribution in [1.82, 2.24) is 16.0 Å². The summed E-state index contributed by atoms with van der Waals surface area (Å²) >= 11 is 0. The standard InChI is InChI=1S/C18H30N4O.HI/c1-5-15(4)22-17(23)11-12-20-18(19-6-2)21-13-16-10-8-7-9-14(16)3;/h7-10,15H,5-6,11-13H2,1-4H3,(H,22,23)(H2,19,20,21);1H. The fraction of sp³-hybridized carbons (Fsp3) is 0.556. The summed E-state index contributed by atoms with van der Waals surface area (Å²) in [5.74, 6) is 0.814. The summed E-state index contributed by atoms with van der Waals surface area (Å²) in [4.78, 5) is 16.3. The zero-order valence-corrected chi connectivity index (χ0v) is 17.5. The highest BCUT2D eigenvalue weighted by Gasteiger charge is 2.05. The van der Waals surface area contributed by atoms with E-state index in [9.17, 15) is 4.79 Å². The van der Waals surface area contributed by atoms with E-state index in [1.54, 1.807) is 0 Å². The molecule has 136 valence electrons.